The number of nitrogens with zero attached hydrogens (tertiary/aromatic N) is 1. The van der Waals surface area contributed by atoms with Crippen molar-refractivity contribution >= 4 is 34.0 Å². The molecule has 0 aromatic heterocycles. The van der Waals surface area contributed by atoms with Gasteiger partial charge in [-0.2, -0.15) is 5.10 Å². The maximum absolute atomic E-state index is 12.3. The molecule has 0 saturated carbocycles. The van der Waals surface area contributed by atoms with E-state index in [1.165, 1.54) is 0 Å². The van der Waals surface area contributed by atoms with Gasteiger partial charge in [0.25, 0.3) is 0 Å². The first-order valence-electron chi connectivity index (χ1n) is 9.69. The molecule has 0 spiro atoms. The second-order valence-corrected chi connectivity index (χ2v) is 7.13. The predicted molar refractivity (Wildman–Crippen MR) is 120 cm³/mol. The van der Waals surface area contributed by atoms with Gasteiger partial charge in [0.05, 0.1) is 25.6 Å². The van der Waals surface area contributed by atoms with Gasteiger partial charge in [-0.05, 0) is 47.9 Å². The second kappa shape index (κ2) is 9.69. The van der Waals surface area contributed by atoms with Gasteiger partial charge in [0.2, 0.25) is 11.8 Å². The van der Waals surface area contributed by atoms with Crippen LogP contribution in [0.2, 0.25) is 0 Å². The van der Waals surface area contributed by atoms with Gasteiger partial charge in [0, 0.05) is 5.71 Å². The van der Waals surface area contributed by atoms with Crippen LogP contribution in [-0.2, 0) is 16.0 Å². The number of carbonyl (C=O) groups is 2. The maximum atomic E-state index is 12.3. The summed E-state index contributed by atoms with van der Waals surface area (Å²) in [4.78, 5) is 24.6. The van der Waals surface area contributed by atoms with E-state index in [-0.39, 0.29) is 24.7 Å². The molecule has 6 heteroatoms. The number of hydrogen-bond donors (Lipinski definition) is 2. The van der Waals surface area contributed by atoms with Crippen LogP contribution in [0.4, 0.5) is 5.69 Å². The Bertz CT molecular complexity index is 1100. The van der Waals surface area contributed by atoms with Crippen molar-refractivity contribution in [3.8, 4) is 5.75 Å². The summed E-state index contributed by atoms with van der Waals surface area (Å²) in [6.07, 6.45) is 0.274. The third kappa shape index (κ3) is 5.44. The SMILES string of the molecule is COc1ccc(C)cc1NC(=O)C/C(C)=N\NC(=O)Cc1cccc2ccccc12. The summed E-state index contributed by atoms with van der Waals surface area (Å²) in [7, 11) is 1.55. The molecule has 0 aliphatic carbocycles. The first-order valence-corrected chi connectivity index (χ1v) is 9.69. The highest BCUT2D eigenvalue weighted by Crippen LogP contribution is 2.25. The largest absolute Gasteiger partial charge is 0.495 e. The van der Waals surface area contributed by atoms with Gasteiger partial charge in [0.1, 0.15) is 5.75 Å². The van der Waals surface area contributed by atoms with Crippen LogP contribution in [0.3, 0.4) is 0 Å². The van der Waals surface area contributed by atoms with Gasteiger partial charge < -0.3 is 10.1 Å². The Morgan fingerprint density at radius 2 is 1.77 bits per heavy atom. The molecule has 0 aliphatic rings. The Morgan fingerprint density at radius 1 is 1.00 bits per heavy atom. The maximum Gasteiger partial charge on any atom is 0.244 e. The molecule has 0 fully saturated rings. The zero-order valence-corrected chi connectivity index (χ0v) is 17.4. The molecule has 3 aromatic rings. The molecule has 3 aromatic carbocycles. The number of carbonyl (C=O) groups excluding carboxylic acids is 2. The lowest BCUT2D eigenvalue weighted by Gasteiger charge is -2.11. The fraction of sp³-hybridized carbons (Fsp3) is 0.208. The number of rotatable bonds is 7. The van der Waals surface area contributed by atoms with Crippen LogP contribution < -0.4 is 15.5 Å². The summed E-state index contributed by atoms with van der Waals surface area (Å²) >= 11 is 0. The summed E-state index contributed by atoms with van der Waals surface area (Å²) < 4.78 is 5.27. The molecule has 0 unspecified atom stereocenters. The van der Waals surface area contributed by atoms with E-state index in [0.29, 0.717) is 17.1 Å². The number of fused-ring (bicyclic) bond motifs is 1. The highest BCUT2D eigenvalue weighted by atomic mass is 16.5. The third-order valence-electron chi connectivity index (χ3n) is 4.65. The van der Waals surface area contributed by atoms with E-state index in [2.05, 4.69) is 15.8 Å². The predicted octanol–water partition coefficient (Wildman–Crippen LogP) is 4.22. The Balaban J connectivity index is 1.57. The van der Waals surface area contributed by atoms with Crippen LogP contribution in [0.5, 0.6) is 5.75 Å². The average molecular weight is 403 g/mol. The van der Waals surface area contributed by atoms with E-state index in [1.807, 2.05) is 61.5 Å². The second-order valence-electron chi connectivity index (χ2n) is 7.13. The summed E-state index contributed by atoms with van der Waals surface area (Å²) in [6.45, 7) is 3.64. The number of amides is 2. The van der Waals surface area contributed by atoms with Crippen molar-refractivity contribution in [2.45, 2.75) is 26.7 Å². The minimum atomic E-state index is -0.233. The lowest BCUT2D eigenvalue weighted by molar-refractivity contribution is -0.120. The van der Waals surface area contributed by atoms with Crippen LogP contribution in [0, 0.1) is 6.92 Å². The first-order chi connectivity index (χ1) is 14.5. The number of aryl methyl sites for hydroxylation is 1. The zero-order chi connectivity index (χ0) is 21.5. The van der Waals surface area contributed by atoms with E-state index < -0.39 is 0 Å². The molecule has 0 atom stereocenters. The van der Waals surface area contributed by atoms with Crippen LogP contribution in [0.15, 0.2) is 65.8 Å². The molecule has 0 bridgehead atoms. The highest BCUT2D eigenvalue weighted by molar-refractivity contribution is 6.06. The van der Waals surface area contributed by atoms with Crippen LogP contribution >= 0.6 is 0 Å². The van der Waals surface area contributed by atoms with Crippen molar-refractivity contribution in [1.29, 1.82) is 0 Å². The third-order valence-corrected chi connectivity index (χ3v) is 4.65. The van der Waals surface area contributed by atoms with E-state index in [1.54, 1.807) is 20.1 Å². The van der Waals surface area contributed by atoms with Gasteiger partial charge >= 0.3 is 0 Å². The minimum Gasteiger partial charge on any atom is -0.495 e. The van der Waals surface area contributed by atoms with E-state index in [0.717, 1.165) is 21.9 Å². The van der Waals surface area contributed by atoms with E-state index >= 15 is 0 Å². The van der Waals surface area contributed by atoms with E-state index in [4.69, 9.17) is 4.74 Å². The average Bonchev–Trinajstić information content (AvgIpc) is 2.73. The zero-order valence-electron chi connectivity index (χ0n) is 17.4. The molecule has 2 amide bonds. The Labute approximate surface area is 175 Å². The molecule has 0 radical (unpaired) electrons. The fourth-order valence-electron chi connectivity index (χ4n) is 3.20. The number of hydrogen-bond acceptors (Lipinski definition) is 4. The van der Waals surface area contributed by atoms with Gasteiger partial charge in [-0.1, -0.05) is 48.5 Å². The number of hydrazone groups is 1. The Morgan fingerprint density at radius 3 is 2.57 bits per heavy atom. The Kier molecular flexibility index (Phi) is 6.80. The number of methoxy groups -OCH3 is 1. The monoisotopic (exact) mass is 403 g/mol. The lowest BCUT2D eigenvalue weighted by atomic mass is 10.0. The first kappa shape index (κ1) is 21.0. The quantitative estimate of drug-likeness (QED) is 0.458. The van der Waals surface area contributed by atoms with Crippen LogP contribution in [0.1, 0.15) is 24.5 Å². The number of benzene rings is 3. The number of anilines is 1. The smallest absolute Gasteiger partial charge is 0.244 e. The standard InChI is InChI=1S/C24H25N3O3/c1-16-11-12-22(30-3)21(13-16)25-23(28)14-17(2)26-27-24(29)15-19-9-6-8-18-7-4-5-10-20(18)19/h4-13H,14-15H2,1-3H3,(H,25,28)(H,27,29)/b26-17-. The summed E-state index contributed by atoms with van der Waals surface area (Å²) in [5.74, 6) is 0.127. The molecule has 6 nitrogen and oxygen atoms in total. The van der Waals surface area contributed by atoms with E-state index in [9.17, 15) is 9.59 Å². The van der Waals surface area contributed by atoms with Crippen molar-refractivity contribution in [1.82, 2.24) is 5.43 Å². The number of nitrogens with one attached hydrogen (secondary N) is 2. The summed E-state index contributed by atoms with van der Waals surface area (Å²) in [5.41, 5.74) is 5.60. The molecule has 30 heavy (non-hydrogen) atoms. The summed E-state index contributed by atoms with van der Waals surface area (Å²) in [6, 6.07) is 19.4. The van der Waals surface area contributed by atoms with Crippen LogP contribution in [-0.4, -0.2) is 24.6 Å². The topological polar surface area (TPSA) is 79.8 Å². The normalized spacial score (nSPS) is 11.2. The molecule has 3 rings (SSSR count). The molecule has 0 aliphatic heterocycles. The van der Waals surface area contributed by atoms with Crippen molar-refractivity contribution in [3.05, 3.63) is 71.8 Å². The Hall–Kier alpha value is -3.67. The number of ether oxygens (including phenoxy) is 1. The van der Waals surface area contributed by atoms with Gasteiger partial charge in [-0.15, -0.1) is 0 Å². The highest BCUT2D eigenvalue weighted by Gasteiger charge is 2.10. The van der Waals surface area contributed by atoms with Gasteiger partial charge in [0.15, 0.2) is 0 Å². The summed E-state index contributed by atoms with van der Waals surface area (Å²) in [5, 5.41) is 9.02. The van der Waals surface area contributed by atoms with Crippen molar-refractivity contribution < 1.29 is 14.3 Å². The molecular formula is C24H25N3O3. The van der Waals surface area contributed by atoms with Gasteiger partial charge in [-0.3, -0.25) is 9.59 Å². The van der Waals surface area contributed by atoms with Crippen molar-refractivity contribution in [3.63, 3.8) is 0 Å². The van der Waals surface area contributed by atoms with Crippen LogP contribution in [0.25, 0.3) is 10.8 Å². The minimum absolute atomic E-state index is 0.0612. The molecule has 2 N–H and O–H groups in total. The molecule has 154 valence electrons. The molecular weight excluding hydrogens is 378 g/mol. The molecule has 0 saturated heterocycles. The van der Waals surface area contributed by atoms with Gasteiger partial charge in [-0.25, -0.2) is 5.43 Å². The fourth-order valence-corrected chi connectivity index (χ4v) is 3.20. The molecule has 0 heterocycles. The van der Waals surface area contributed by atoms with Crippen molar-refractivity contribution in [2.75, 3.05) is 12.4 Å². The van der Waals surface area contributed by atoms with Crippen molar-refractivity contribution in [2.24, 2.45) is 5.10 Å². The lowest BCUT2D eigenvalue weighted by Crippen LogP contribution is -2.23.